The van der Waals surface area contributed by atoms with Gasteiger partial charge in [0.1, 0.15) is 5.52 Å². The Bertz CT molecular complexity index is 668. The van der Waals surface area contributed by atoms with E-state index in [0.29, 0.717) is 13.4 Å². The Morgan fingerprint density at radius 3 is 2.78 bits per heavy atom. The van der Waals surface area contributed by atoms with E-state index in [4.69, 9.17) is 0 Å². The molecule has 8 heteroatoms. The molecule has 4 nitrogen and oxygen atoms in total. The lowest BCUT2D eigenvalue weighted by Gasteiger charge is -2.06. The molecule has 0 aliphatic carbocycles. The van der Waals surface area contributed by atoms with E-state index in [0.717, 1.165) is 11.8 Å². The second kappa shape index (κ2) is 5.25. The van der Waals surface area contributed by atoms with Gasteiger partial charge in [-0.1, -0.05) is 0 Å². The Morgan fingerprint density at radius 2 is 2.22 bits per heavy atom. The van der Waals surface area contributed by atoms with Gasteiger partial charge < -0.3 is 0 Å². The fourth-order valence-corrected chi connectivity index (χ4v) is 2.88. The number of halogens is 3. The van der Waals surface area contributed by atoms with Crippen molar-refractivity contribution in [3.63, 3.8) is 0 Å². The van der Waals surface area contributed by atoms with E-state index in [2.05, 4.69) is 20.9 Å². The molecule has 1 aromatic carbocycles. The molecule has 0 fully saturated rings. The third-order valence-corrected chi connectivity index (χ3v) is 5.34. The summed E-state index contributed by atoms with van der Waals surface area (Å²) in [5.41, 5.74) is 0.0322. The molecule has 1 heterocycles. The first-order valence-corrected chi connectivity index (χ1v) is 7.72. The number of hydrogen-bond donors (Lipinski definition) is 0. The summed E-state index contributed by atoms with van der Waals surface area (Å²) in [5, 5.41) is 11.5. The van der Waals surface area contributed by atoms with E-state index in [9.17, 15) is 14.5 Å². The molecule has 0 saturated carbocycles. The topological polar surface area (TPSA) is 56.0 Å². The number of aromatic nitrogens is 1. The van der Waals surface area contributed by atoms with Crippen LogP contribution in [0.4, 0.5) is 10.1 Å². The number of nitrogens with zero attached hydrogens (tertiary/aromatic N) is 2. The van der Waals surface area contributed by atoms with E-state index in [1.165, 1.54) is 6.07 Å². The van der Waals surface area contributed by atoms with Crippen molar-refractivity contribution in [2.45, 2.75) is 5.03 Å². The standard InChI is InChI=1S/C10H5BrFIN2O2S/c1-18-10-6(15(16)17)3-4-2-5(13)7(11)8(12)9(4)14-10/h2-3H,1H3. The quantitative estimate of drug-likeness (QED) is 0.228. The van der Waals surface area contributed by atoms with Gasteiger partial charge in [0.15, 0.2) is 10.8 Å². The van der Waals surface area contributed by atoms with Crippen LogP contribution in [0.2, 0.25) is 0 Å². The summed E-state index contributed by atoms with van der Waals surface area (Å²) in [7, 11) is 0. The molecule has 0 spiro atoms. The molecule has 2 rings (SSSR count). The molecule has 0 unspecified atom stereocenters. The van der Waals surface area contributed by atoms with Crippen LogP contribution >= 0.6 is 50.3 Å². The number of fused-ring (bicyclic) bond motifs is 1. The minimum atomic E-state index is -0.509. The van der Waals surface area contributed by atoms with E-state index in [-0.39, 0.29) is 16.2 Å². The van der Waals surface area contributed by atoms with Gasteiger partial charge in [0, 0.05) is 15.0 Å². The van der Waals surface area contributed by atoms with Gasteiger partial charge in [-0.05, 0) is 50.8 Å². The van der Waals surface area contributed by atoms with E-state index in [1.807, 2.05) is 22.6 Å². The first kappa shape index (κ1) is 13.9. The molecule has 0 aliphatic rings. The van der Waals surface area contributed by atoms with Crippen LogP contribution in [0.1, 0.15) is 0 Å². The minimum absolute atomic E-state index is 0.104. The molecule has 0 saturated heterocycles. The molecule has 2 aromatic rings. The first-order valence-electron chi connectivity index (χ1n) is 4.62. The van der Waals surface area contributed by atoms with Gasteiger partial charge in [-0.25, -0.2) is 9.37 Å². The summed E-state index contributed by atoms with van der Waals surface area (Å²) in [6.07, 6.45) is 1.67. The fraction of sp³-hybridized carbons (Fsp3) is 0.100. The van der Waals surface area contributed by atoms with Crippen molar-refractivity contribution in [3.8, 4) is 0 Å². The predicted octanol–water partition coefficient (Wildman–Crippen LogP) is 4.37. The zero-order valence-corrected chi connectivity index (χ0v) is 13.5. The number of thioether (sulfide) groups is 1. The average Bonchev–Trinajstić information content (AvgIpc) is 2.34. The molecular formula is C10H5BrFIN2O2S. The molecule has 0 N–H and O–H groups in total. The fourth-order valence-electron chi connectivity index (χ4n) is 1.48. The molecule has 18 heavy (non-hydrogen) atoms. The van der Waals surface area contributed by atoms with Crippen molar-refractivity contribution in [2.24, 2.45) is 0 Å². The lowest BCUT2D eigenvalue weighted by atomic mass is 10.2. The van der Waals surface area contributed by atoms with Gasteiger partial charge in [-0.3, -0.25) is 10.1 Å². The second-order valence-corrected chi connectivity index (χ2v) is 6.08. The summed E-state index contributed by atoms with van der Waals surface area (Å²) < 4.78 is 15.0. The van der Waals surface area contributed by atoms with Gasteiger partial charge in [0.05, 0.1) is 9.40 Å². The molecule has 0 aliphatic heterocycles. The van der Waals surface area contributed by atoms with Crippen molar-refractivity contribution in [3.05, 3.63) is 36.1 Å². The third kappa shape index (κ3) is 2.32. The van der Waals surface area contributed by atoms with Gasteiger partial charge in [-0.2, -0.15) is 0 Å². The Balaban J connectivity index is 2.87. The predicted molar refractivity (Wildman–Crippen MR) is 80.6 cm³/mol. The van der Waals surface area contributed by atoms with Crippen LogP contribution in [0, 0.1) is 19.5 Å². The zero-order valence-electron chi connectivity index (χ0n) is 8.91. The molecular weight excluding hydrogens is 438 g/mol. The van der Waals surface area contributed by atoms with Crippen molar-refractivity contribution in [1.29, 1.82) is 0 Å². The van der Waals surface area contributed by atoms with Crippen LogP contribution in [0.3, 0.4) is 0 Å². The summed E-state index contributed by atoms with van der Waals surface area (Å²) in [5.74, 6) is -0.498. The highest BCUT2D eigenvalue weighted by molar-refractivity contribution is 14.1. The van der Waals surface area contributed by atoms with Crippen LogP contribution in [-0.4, -0.2) is 16.2 Å². The maximum absolute atomic E-state index is 14.0. The van der Waals surface area contributed by atoms with E-state index in [1.54, 1.807) is 12.3 Å². The van der Waals surface area contributed by atoms with Crippen LogP contribution < -0.4 is 0 Å². The average molecular weight is 443 g/mol. The lowest BCUT2D eigenvalue weighted by molar-refractivity contribution is -0.388. The largest absolute Gasteiger partial charge is 0.301 e. The van der Waals surface area contributed by atoms with Crippen molar-refractivity contribution in [1.82, 2.24) is 4.98 Å². The Morgan fingerprint density at radius 1 is 1.56 bits per heavy atom. The van der Waals surface area contributed by atoms with Gasteiger partial charge in [-0.15, -0.1) is 11.8 Å². The van der Waals surface area contributed by atoms with Gasteiger partial charge in [0.25, 0.3) is 0 Å². The number of rotatable bonds is 2. The SMILES string of the molecule is CSc1nc2c(F)c(Br)c(I)cc2cc1[N+](=O)[O-]. The normalized spacial score (nSPS) is 10.9. The maximum Gasteiger partial charge on any atom is 0.301 e. The van der Waals surface area contributed by atoms with Crippen molar-refractivity contribution >= 4 is 66.9 Å². The number of nitro groups is 1. The zero-order chi connectivity index (χ0) is 13.4. The number of pyridine rings is 1. The Labute approximate surface area is 128 Å². The molecule has 0 amide bonds. The van der Waals surface area contributed by atoms with Crippen molar-refractivity contribution < 1.29 is 9.31 Å². The van der Waals surface area contributed by atoms with Crippen LogP contribution in [0.15, 0.2) is 21.6 Å². The monoisotopic (exact) mass is 442 g/mol. The first-order chi connectivity index (χ1) is 8.45. The Hall–Kier alpha value is -0.480. The highest BCUT2D eigenvalue weighted by atomic mass is 127. The summed E-state index contributed by atoms with van der Waals surface area (Å²) in [6, 6.07) is 3.01. The summed E-state index contributed by atoms with van der Waals surface area (Å²) in [6.45, 7) is 0. The number of benzene rings is 1. The van der Waals surface area contributed by atoms with Crippen LogP contribution in [0.25, 0.3) is 10.9 Å². The molecule has 1 aromatic heterocycles. The third-order valence-electron chi connectivity index (χ3n) is 2.28. The van der Waals surface area contributed by atoms with Gasteiger partial charge >= 0.3 is 5.69 Å². The van der Waals surface area contributed by atoms with Crippen molar-refractivity contribution in [2.75, 3.05) is 6.26 Å². The van der Waals surface area contributed by atoms with Crippen LogP contribution in [-0.2, 0) is 0 Å². The van der Waals surface area contributed by atoms with E-state index < -0.39 is 10.7 Å². The van der Waals surface area contributed by atoms with E-state index >= 15 is 0 Å². The maximum atomic E-state index is 14.0. The van der Waals surface area contributed by atoms with Gasteiger partial charge in [0.2, 0.25) is 0 Å². The second-order valence-electron chi connectivity index (χ2n) is 3.33. The highest BCUT2D eigenvalue weighted by Crippen LogP contribution is 2.34. The van der Waals surface area contributed by atoms with Crippen LogP contribution in [0.5, 0.6) is 0 Å². The molecule has 94 valence electrons. The molecule has 0 bridgehead atoms. The number of hydrogen-bond acceptors (Lipinski definition) is 4. The lowest BCUT2D eigenvalue weighted by Crippen LogP contribution is -1.97. The minimum Gasteiger partial charge on any atom is -0.258 e. The molecule has 0 radical (unpaired) electrons. The molecule has 0 atom stereocenters. The summed E-state index contributed by atoms with van der Waals surface area (Å²) in [4.78, 5) is 14.4. The Kier molecular flexibility index (Phi) is 4.07. The summed E-state index contributed by atoms with van der Waals surface area (Å²) >= 11 is 6.21. The highest BCUT2D eigenvalue weighted by Gasteiger charge is 2.19. The smallest absolute Gasteiger partial charge is 0.258 e.